The molecule has 0 spiro atoms. The number of nitrogens with one attached hydrogen (secondary N) is 1. The summed E-state index contributed by atoms with van der Waals surface area (Å²) in [5.41, 5.74) is 2.18. The minimum Gasteiger partial charge on any atom is -0.456 e. The summed E-state index contributed by atoms with van der Waals surface area (Å²) in [6.45, 7) is 10.9. The Bertz CT molecular complexity index is 789. The standard InChI is InChI=1S/C26H39NO2/c1-6-7-8-9-10-11-12-15-18-27-24-20(2)23(25(28)29-26(3,4)5)19-21-16-13-14-17-22(21)24/h13-14,16-17,19,27H,6-12,15,18H2,1-5H3. The van der Waals surface area contributed by atoms with Crippen LogP contribution in [0.5, 0.6) is 0 Å². The lowest BCUT2D eigenvalue weighted by atomic mass is 9.98. The van der Waals surface area contributed by atoms with Crippen LogP contribution >= 0.6 is 0 Å². The van der Waals surface area contributed by atoms with Crippen LogP contribution in [0.3, 0.4) is 0 Å². The Kier molecular flexibility index (Phi) is 9.00. The second-order valence-corrected chi connectivity index (χ2v) is 9.05. The van der Waals surface area contributed by atoms with Crippen molar-refractivity contribution in [2.24, 2.45) is 0 Å². The number of fused-ring (bicyclic) bond motifs is 1. The second-order valence-electron chi connectivity index (χ2n) is 9.05. The van der Waals surface area contributed by atoms with Gasteiger partial charge in [-0.05, 0) is 51.1 Å². The molecule has 0 saturated carbocycles. The van der Waals surface area contributed by atoms with Crippen molar-refractivity contribution in [2.45, 2.75) is 91.6 Å². The summed E-state index contributed by atoms with van der Waals surface area (Å²) in [7, 11) is 0. The van der Waals surface area contributed by atoms with Crippen LogP contribution in [0, 0.1) is 6.92 Å². The summed E-state index contributed by atoms with van der Waals surface area (Å²) in [6, 6.07) is 10.2. The highest BCUT2D eigenvalue weighted by atomic mass is 16.6. The summed E-state index contributed by atoms with van der Waals surface area (Å²) in [4.78, 5) is 12.8. The number of ether oxygens (including phenoxy) is 1. The van der Waals surface area contributed by atoms with Gasteiger partial charge >= 0.3 is 5.97 Å². The van der Waals surface area contributed by atoms with Crippen LogP contribution in [-0.4, -0.2) is 18.1 Å². The van der Waals surface area contributed by atoms with Crippen LogP contribution < -0.4 is 5.32 Å². The topological polar surface area (TPSA) is 38.3 Å². The van der Waals surface area contributed by atoms with Crippen LogP contribution in [0.1, 0.15) is 95.0 Å². The molecule has 2 aromatic rings. The maximum absolute atomic E-state index is 12.8. The van der Waals surface area contributed by atoms with Crippen molar-refractivity contribution in [3.63, 3.8) is 0 Å². The molecule has 0 radical (unpaired) electrons. The first-order chi connectivity index (χ1) is 13.8. The first-order valence-electron chi connectivity index (χ1n) is 11.3. The first kappa shape index (κ1) is 23.3. The summed E-state index contributed by atoms with van der Waals surface area (Å²) in [5.74, 6) is -0.254. The monoisotopic (exact) mass is 397 g/mol. The Hall–Kier alpha value is -2.03. The first-order valence-corrected chi connectivity index (χ1v) is 11.3. The normalized spacial score (nSPS) is 11.6. The SMILES string of the molecule is CCCCCCCCCCNc1c(C)c(C(=O)OC(C)(C)C)cc2ccccc12. The predicted octanol–water partition coefficient (Wildman–Crippen LogP) is 7.66. The van der Waals surface area contributed by atoms with E-state index in [4.69, 9.17) is 4.74 Å². The van der Waals surface area contributed by atoms with Gasteiger partial charge in [-0.3, -0.25) is 0 Å². The average molecular weight is 398 g/mol. The van der Waals surface area contributed by atoms with Gasteiger partial charge in [0.2, 0.25) is 0 Å². The number of anilines is 1. The van der Waals surface area contributed by atoms with E-state index in [-0.39, 0.29) is 5.97 Å². The average Bonchev–Trinajstić information content (AvgIpc) is 2.66. The summed E-state index contributed by atoms with van der Waals surface area (Å²) < 4.78 is 5.64. The number of rotatable bonds is 11. The van der Waals surface area contributed by atoms with Gasteiger partial charge in [0.25, 0.3) is 0 Å². The highest BCUT2D eigenvalue weighted by molar-refractivity contribution is 6.04. The molecule has 29 heavy (non-hydrogen) atoms. The Balaban J connectivity index is 2.03. The molecule has 0 saturated heterocycles. The van der Waals surface area contributed by atoms with Crippen LogP contribution in [0.4, 0.5) is 5.69 Å². The van der Waals surface area contributed by atoms with E-state index < -0.39 is 5.60 Å². The largest absolute Gasteiger partial charge is 0.456 e. The van der Waals surface area contributed by atoms with Gasteiger partial charge < -0.3 is 10.1 Å². The van der Waals surface area contributed by atoms with Gasteiger partial charge in [0.15, 0.2) is 0 Å². The van der Waals surface area contributed by atoms with E-state index in [9.17, 15) is 4.79 Å². The van der Waals surface area contributed by atoms with Crippen LogP contribution in [0.15, 0.2) is 30.3 Å². The quantitative estimate of drug-likeness (QED) is 0.312. The molecule has 0 fully saturated rings. The lowest BCUT2D eigenvalue weighted by Gasteiger charge is -2.22. The van der Waals surface area contributed by atoms with E-state index in [0.29, 0.717) is 5.56 Å². The van der Waals surface area contributed by atoms with Gasteiger partial charge in [0.05, 0.1) is 5.56 Å². The van der Waals surface area contributed by atoms with Crippen molar-refractivity contribution in [1.29, 1.82) is 0 Å². The number of carbonyl (C=O) groups excluding carboxylic acids is 1. The Morgan fingerprint density at radius 2 is 1.59 bits per heavy atom. The van der Waals surface area contributed by atoms with E-state index in [1.807, 2.05) is 39.8 Å². The highest BCUT2D eigenvalue weighted by Crippen LogP contribution is 2.31. The van der Waals surface area contributed by atoms with E-state index in [1.165, 1.54) is 44.9 Å². The molecule has 160 valence electrons. The van der Waals surface area contributed by atoms with Gasteiger partial charge in [-0.25, -0.2) is 4.79 Å². The number of unbranched alkanes of at least 4 members (excludes halogenated alkanes) is 7. The van der Waals surface area contributed by atoms with E-state index in [0.717, 1.165) is 35.0 Å². The number of benzene rings is 2. The zero-order valence-electron chi connectivity index (χ0n) is 19.1. The van der Waals surface area contributed by atoms with Crippen molar-refractivity contribution < 1.29 is 9.53 Å². The van der Waals surface area contributed by atoms with Gasteiger partial charge in [0, 0.05) is 17.6 Å². The molecule has 0 unspecified atom stereocenters. The maximum atomic E-state index is 12.8. The molecule has 0 aliphatic carbocycles. The number of hydrogen-bond acceptors (Lipinski definition) is 3. The number of hydrogen-bond donors (Lipinski definition) is 1. The lowest BCUT2D eigenvalue weighted by Crippen LogP contribution is -2.24. The Morgan fingerprint density at radius 3 is 2.24 bits per heavy atom. The second kappa shape index (κ2) is 11.2. The van der Waals surface area contributed by atoms with Crippen molar-refractivity contribution >= 4 is 22.4 Å². The summed E-state index contributed by atoms with van der Waals surface area (Å²) >= 11 is 0. The third-order valence-corrected chi connectivity index (χ3v) is 5.26. The molecule has 1 N–H and O–H groups in total. The van der Waals surface area contributed by atoms with Gasteiger partial charge in [-0.15, -0.1) is 0 Å². The zero-order valence-corrected chi connectivity index (χ0v) is 19.1. The van der Waals surface area contributed by atoms with Crippen molar-refractivity contribution in [3.05, 3.63) is 41.5 Å². The van der Waals surface area contributed by atoms with Gasteiger partial charge in [-0.2, -0.15) is 0 Å². The molecule has 0 heterocycles. The van der Waals surface area contributed by atoms with Gasteiger partial charge in [-0.1, -0.05) is 76.1 Å². The third-order valence-electron chi connectivity index (χ3n) is 5.26. The molecular formula is C26H39NO2. The zero-order chi connectivity index (χ0) is 21.3. The fraction of sp³-hybridized carbons (Fsp3) is 0.577. The molecule has 0 aliphatic rings. The fourth-order valence-corrected chi connectivity index (χ4v) is 3.70. The molecular weight excluding hydrogens is 358 g/mol. The molecule has 0 aliphatic heterocycles. The maximum Gasteiger partial charge on any atom is 0.339 e. The van der Waals surface area contributed by atoms with Crippen LogP contribution in [-0.2, 0) is 4.74 Å². The fourth-order valence-electron chi connectivity index (χ4n) is 3.70. The van der Waals surface area contributed by atoms with Crippen LogP contribution in [0.2, 0.25) is 0 Å². The predicted molar refractivity (Wildman–Crippen MR) is 125 cm³/mol. The number of carbonyl (C=O) groups is 1. The molecule has 0 amide bonds. The molecule has 0 atom stereocenters. The van der Waals surface area contributed by atoms with E-state index >= 15 is 0 Å². The van der Waals surface area contributed by atoms with Gasteiger partial charge in [0.1, 0.15) is 5.60 Å². The Morgan fingerprint density at radius 1 is 0.966 bits per heavy atom. The van der Waals surface area contributed by atoms with E-state index in [1.54, 1.807) is 0 Å². The molecule has 2 rings (SSSR count). The molecule has 0 bridgehead atoms. The summed E-state index contributed by atoms with van der Waals surface area (Å²) in [6.07, 6.45) is 10.5. The minimum atomic E-state index is -0.500. The minimum absolute atomic E-state index is 0.254. The summed E-state index contributed by atoms with van der Waals surface area (Å²) in [5, 5.41) is 5.85. The molecule has 3 heteroatoms. The smallest absolute Gasteiger partial charge is 0.339 e. The molecule has 3 nitrogen and oxygen atoms in total. The number of esters is 1. The lowest BCUT2D eigenvalue weighted by molar-refractivity contribution is 0.00690. The molecule has 0 aromatic heterocycles. The Labute approximate surface area is 177 Å². The van der Waals surface area contributed by atoms with E-state index in [2.05, 4.69) is 30.4 Å². The highest BCUT2D eigenvalue weighted by Gasteiger charge is 2.21. The van der Waals surface area contributed by atoms with Crippen LogP contribution in [0.25, 0.3) is 10.8 Å². The van der Waals surface area contributed by atoms with Crippen molar-refractivity contribution in [1.82, 2.24) is 0 Å². The van der Waals surface area contributed by atoms with Crippen molar-refractivity contribution in [3.8, 4) is 0 Å². The molecule has 2 aromatic carbocycles. The van der Waals surface area contributed by atoms with Crippen molar-refractivity contribution in [2.75, 3.05) is 11.9 Å². The third kappa shape index (κ3) is 7.38.